The third kappa shape index (κ3) is 3.23. The number of aryl methyl sites for hydroxylation is 1. The summed E-state index contributed by atoms with van der Waals surface area (Å²) >= 11 is 3.53. The number of hydrogen-bond acceptors (Lipinski definition) is 2. The fourth-order valence-electron chi connectivity index (χ4n) is 2.64. The van der Waals surface area contributed by atoms with Gasteiger partial charge in [-0.25, -0.2) is 0 Å². The van der Waals surface area contributed by atoms with Gasteiger partial charge < -0.3 is 9.64 Å². The van der Waals surface area contributed by atoms with E-state index >= 15 is 0 Å². The Hall–Kier alpha value is -0.870. The largest absolute Gasteiger partial charge is 0.378 e. The molecule has 0 aromatic heterocycles. The molecule has 0 saturated carbocycles. The van der Waals surface area contributed by atoms with Crippen molar-refractivity contribution in [2.45, 2.75) is 38.7 Å². The van der Waals surface area contributed by atoms with Gasteiger partial charge in [0.05, 0.1) is 11.2 Å². The Morgan fingerprint density at radius 3 is 2.80 bits per heavy atom. The molecule has 0 radical (unpaired) electrons. The highest BCUT2D eigenvalue weighted by Crippen LogP contribution is 2.27. The maximum atomic E-state index is 12.7. The van der Waals surface area contributed by atoms with Crippen LogP contribution in [0.25, 0.3) is 0 Å². The number of likely N-dealkylation sites (tertiary alicyclic amines) is 1. The summed E-state index contributed by atoms with van der Waals surface area (Å²) in [6.45, 7) is 5.69. The number of benzene rings is 1. The fourth-order valence-corrected chi connectivity index (χ4v) is 3.08. The van der Waals surface area contributed by atoms with Gasteiger partial charge in [0.25, 0.3) is 5.91 Å². The average molecular weight is 340 g/mol. The molecule has 1 atom stereocenters. The molecule has 110 valence electrons. The smallest absolute Gasteiger partial charge is 0.255 e. The minimum Gasteiger partial charge on any atom is -0.378 e. The number of halogens is 1. The molecule has 0 aliphatic carbocycles. The van der Waals surface area contributed by atoms with Crippen LogP contribution in [0.2, 0.25) is 0 Å². The molecule has 1 aliphatic rings. The van der Waals surface area contributed by atoms with Gasteiger partial charge in [0.1, 0.15) is 0 Å². The number of nitrogens with zero attached hydrogens (tertiary/aromatic N) is 1. The number of carbonyl (C=O) groups is 1. The topological polar surface area (TPSA) is 29.5 Å². The molecule has 20 heavy (non-hydrogen) atoms. The van der Waals surface area contributed by atoms with Crippen molar-refractivity contribution in [1.29, 1.82) is 0 Å². The molecule has 4 heteroatoms. The lowest BCUT2D eigenvalue weighted by Gasteiger charge is -2.26. The molecule has 3 nitrogen and oxygen atoms in total. The van der Waals surface area contributed by atoms with E-state index in [9.17, 15) is 4.79 Å². The lowest BCUT2D eigenvalue weighted by atomic mass is 9.97. The molecular weight excluding hydrogens is 318 g/mol. The summed E-state index contributed by atoms with van der Waals surface area (Å²) < 4.78 is 6.49. The van der Waals surface area contributed by atoms with E-state index in [1.807, 2.05) is 30.0 Å². The average Bonchev–Trinajstić information content (AvgIpc) is 2.64. The first-order valence-electron chi connectivity index (χ1n) is 7.06. The van der Waals surface area contributed by atoms with Crippen molar-refractivity contribution < 1.29 is 9.53 Å². The lowest BCUT2D eigenvalue weighted by molar-refractivity contribution is -0.00537. The SMILES string of the molecule is CO[C@@]1(C)CCCN(C(=O)c2cccc(C)c2Br)CC1. The molecule has 1 fully saturated rings. The predicted octanol–water partition coefficient (Wildman–Crippen LogP) is 3.79. The maximum absolute atomic E-state index is 12.7. The quantitative estimate of drug-likeness (QED) is 0.820. The zero-order valence-corrected chi connectivity index (χ0v) is 14.0. The van der Waals surface area contributed by atoms with E-state index in [4.69, 9.17) is 4.74 Å². The van der Waals surface area contributed by atoms with Crippen LogP contribution >= 0.6 is 15.9 Å². The first-order valence-corrected chi connectivity index (χ1v) is 7.86. The van der Waals surface area contributed by atoms with Crippen LogP contribution in [0.5, 0.6) is 0 Å². The highest BCUT2D eigenvalue weighted by Gasteiger charge is 2.29. The summed E-state index contributed by atoms with van der Waals surface area (Å²) in [5.41, 5.74) is 1.75. The zero-order valence-electron chi connectivity index (χ0n) is 12.4. The standard InChI is InChI=1S/C16H22BrNO2/c1-12-6-4-7-13(14(12)17)15(19)18-10-5-8-16(2,20-3)9-11-18/h4,6-7H,5,8-11H2,1-3H3/t16-/m0/s1. The van der Waals surface area contributed by atoms with Crippen LogP contribution in [0.1, 0.15) is 42.1 Å². The fraction of sp³-hybridized carbons (Fsp3) is 0.562. The van der Waals surface area contributed by atoms with E-state index in [2.05, 4.69) is 22.9 Å². The Balaban J connectivity index is 2.16. The summed E-state index contributed by atoms with van der Waals surface area (Å²) in [5, 5.41) is 0. The predicted molar refractivity (Wildman–Crippen MR) is 84.0 cm³/mol. The Bertz CT molecular complexity index is 503. The molecule has 2 rings (SSSR count). The third-order valence-corrected chi connectivity index (χ3v) is 5.30. The number of ether oxygens (including phenoxy) is 1. The molecule has 0 N–H and O–H groups in total. The summed E-state index contributed by atoms with van der Waals surface area (Å²) in [6.07, 6.45) is 2.88. The van der Waals surface area contributed by atoms with Gasteiger partial charge >= 0.3 is 0 Å². The third-order valence-electron chi connectivity index (χ3n) is 4.25. The molecule has 1 aromatic carbocycles. The van der Waals surface area contributed by atoms with Crippen LogP contribution in [0.15, 0.2) is 22.7 Å². The van der Waals surface area contributed by atoms with Crippen LogP contribution in [0.3, 0.4) is 0 Å². The molecule has 0 unspecified atom stereocenters. The van der Waals surface area contributed by atoms with E-state index < -0.39 is 0 Å². The summed E-state index contributed by atoms with van der Waals surface area (Å²) in [7, 11) is 1.76. The summed E-state index contributed by atoms with van der Waals surface area (Å²) in [5.74, 6) is 0.112. The first-order chi connectivity index (χ1) is 9.47. The Kier molecular flexibility index (Phi) is 4.86. The number of amides is 1. The van der Waals surface area contributed by atoms with Gasteiger partial charge in [-0.15, -0.1) is 0 Å². The minimum atomic E-state index is -0.0983. The van der Waals surface area contributed by atoms with Crippen molar-refractivity contribution in [3.05, 3.63) is 33.8 Å². The van der Waals surface area contributed by atoms with Crippen LogP contribution in [-0.4, -0.2) is 36.6 Å². The molecule has 0 spiro atoms. The van der Waals surface area contributed by atoms with Crippen molar-refractivity contribution in [2.24, 2.45) is 0 Å². The molecule has 1 saturated heterocycles. The second-order valence-electron chi connectivity index (χ2n) is 5.74. The van der Waals surface area contributed by atoms with Crippen LogP contribution in [0.4, 0.5) is 0 Å². The lowest BCUT2D eigenvalue weighted by Crippen LogP contribution is -2.34. The van der Waals surface area contributed by atoms with Gasteiger partial charge in [-0.1, -0.05) is 12.1 Å². The molecule has 1 aromatic rings. The van der Waals surface area contributed by atoms with E-state index in [0.29, 0.717) is 0 Å². The molecule has 1 aliphatic heterocycles. The Morgan fingerprint density at radius 1 is 1.35 bits per heavy atom. The first kappa shape index (κ1) is 15.5. The number of methoxy groups -OCH3 is 1. The molecule has 0 bridgehead atoms. The van der Waals surface area contributed by atoms with Crippen molar-refractivity contribution in [2.75, 3.05) is 20.2 Å². The second kappa shape index (κ2) is 6.27. The van der Waals surface area contributed by atoms with Crippen LogP contribution < -0.4 is 0 Å². The van der Waals surface area contributed by atoms with Crippen molar-refractivity contribution in [1.82, 2.24) is 4.90 Å². The highest BCUT2D eigenvalue weighted by molar-refractivity contribution is 9.10. The number of hydrogen-bond donors (Lipinski definition) is 0. The van der Waals surface area contributed by atoms with Crippen LogP contribution in [0, 0.1) is 6.92 Å². The van der Waals surface area contributed by atoms with Crippen molar-refractivity contribution in [3.63, 3.8) is 0 Å². The van der Waals surface area contributed by atoms with E-state index in [0.717, 1.165) is 48.0 Å². The van der Waals surface area contributed by atoms with Gasteiger partial charge in [-0.3, -0.25) is 4.79 Å². The Morgan fingerprint density at radius 2 is 2.10 bits per heavy atom. The van der Waals surface area contributed by atoms with E-state index in [-0.39, 0.29) is 11.5 Å². The van der Waals surface area contributed by atoms with Gasteiger partial charge in [0.15, 0.2) is 0 Å². The maximum Gasteiger partial charge on any atom is 0.255 e. The van der Waals surface area contributed by atoms with E-state index in [1.165, 1.54) is 0 Å². The van der Waals surface area contributed by atoms with Crippen molar-refractivity contribution in [3.8, 4) is 0 Å². The monoisotopic (exact) mass is 339 g/mol. The van der Waals surface area contributed by atoms with Gasteiger partial charge in [-0.2, -0.15) is 0 Å². The number of carbonyl (C=O) groups excluding carboxylic acids is 1. The normalized spacial score (nSPS) is 23.5. The zero-order chi connectivity index (χ0) is 14.8. The van der Waals surface area contributed by atoms with Crippen LogP contribution in [-0.2, 0) is 4.74 Å². The summed E-state index contributed by atoms with van der Waals surface area (Å²) in [6, 6.07) is 5.83. The molecular formula is C16H22BrNO2. The highest BCUT2D eigenvalue weighted by atomic mass is 79.9. The number of rotatable bonds is 2. The van der Waals surface area contributed by atoms with Gasteiger partial charge in [0.2, 0.25) is 0 Å². The minimum absolute atomic E-state index is 0.0983. The van der Waals surface area contributed by atoms with Gasteiger partial charge in [0, 0.05) is 24.7 Å². The molecule has 1 heterocycles. The van der Waals surface area contributed by atoms with Crippen molar-refractivity contribution >= 4 is 21.8 Å². The van der Waals surface area contributed by atoms with E-state index in [1.54, 1.807) is 7.11 Å². The second-order valence-corrected chi connectivity index (χ2v) is 6.53. The Labute approximate surface area is 129 Å². The van der Waals surface area contributed by atoms with Gasteiger partial charge in [-0.05, 0) is 60.7 Å². The molecule has 1 amide bonds. The summed E-state index contributed by atoms with van der Waals surface area (Å²) in [4.78, 5) is 14.6.